The molecule has 1 rings (SSSR count). The first-order chi connectivity index (χ1) is 9.53. The summed E-state index contributed by atoms with van der Waals surface area (Å²) in [6.07, 6.45) is 0.197. The second-order valence-corrected chi connectivity index (χ2v) is 5.78. The first kappa shape index (κ1) is 17.4. The van der Waals surface area contributed by atoms with Crippen LogP contribution >= 0.6 is 11.8 Å². The van der Waals surface area contributed by atoms with E-state index in [4.69, 9.17) is 0 Å². The molecule has 1 unspecified atom stereocenters. The fraction of sp³-hybridized carbons (Fsp3) is 0.600. The molecule has 1 aromatic carbocycles. The van der Waals surface area contributed by atoms with Crippen molar-refractivity contribution >= 4 is 11.8 Å². The summed E-state index contributed by atoms with van der Waals surface area (Å²) in [4.78, 5) is 0. The van der Waals surface area contributed by atoms with Gasteiger partial charge in [-0.1, -0.05) is 36.8 Å². The predicted octanol–water partition coefficient (Wildman–Crippen LogP) is 4.80. The van der Waals surface area contributed by atoms with Crippen molar-refractivity contribution in [3.05, 3.63) is 35.9 Å². The molecular formula is C15H22F3NS. The van der Waals surface area contributed by atoms with Crippen molar-refractivity contribution in [3.63, 3.8) is 0 Å². The van der Waals surface area contributed by atoms with Gasteiger partial charge in [0, 0.05) is 6.04 Å². The number of unbranched alkanes of at least 4 members (excludes halogenated alkanes) is 2. The molecule has 0 heterocycles. The van der Waals surface area contributed by atoms with Gasteiger partial charge in [0.05, 0.1) is 6.42 Å². The van der Waals surface area contributed by atoms with Gasteiger partial charge in [0.2, 0.25) is 0 Å². The van der Waals surface area contributed by atoms with Crippen LogP contribution in [0.4, 0.5) is 13.2 Å². The van der Waals surface area contributed by atoms with Crippen LogP contribution in [-0.2, 0) is 0 Å². The van der Waals surface area contributed by atoms with E-state index in [1.807, 2.05) is 6.07 Å². The lowest BCUT2D eigenvalue weighted by molar-refractivity contribution is -0.140. The number of nitrogens with one attached hydrogen (secondary N) is 1. The molecule has 1 N–H and O–H groups in total. The number of hydrogen-bond donors (Lipinski definition) is 1. The topological polar surface area (TPSA) is 12.0 Å². The molecule has 0 radical (unpaired) electrons. The van der Waals surface area contributed by atoms with Crippen molar-refractivity contribution in [1.29, 1.82) is 0 Å². The lowest BCUT2D eigenvalue weighted by Gasteiger charge is -2.20. The first-order valence-corrected chi connectivity index (χ1v) is 8.26. The van der Waals surface area contributed by atoms with Crippen LogP contribution in [0.3, 0.4) is 0 Å². The molecule has 0 bridgehead atoms. The summed E-state index contributed by atoms with van der Waals surface area (Å²) in [5, 5.41) is 3.04. The van der Waals surface area contributed by atoms with Crippen molar-refractivity contribution in [3.8, 4) is 0 Å². The molecule has 0 spiro atoms. The van der Waals surface area contributed by atoms with E-state index < -0.39 is 18.6 Å². The number of halogens is 3. The molecule has 0 aliphatic rings. The van der Waals surface area contributed by atoms with Crippen LogP contribution in [0.25, 0.3) is 0 Å². The van der Waals surface area contributed by atoms with Crippen LogP contribution in [0.2, 0.25) is 0 Å². The van der Waals surface area contributed by atoms with Crippen molar-refractivity contribution in [1.82, 2.24) is 5.32 Å². The van der Waals surface area contributed by atoms with Gasteiger partial charge in [-0.3, -0.25) is 0 Å². The summed E-state index contributed by atoms with van der Waals surface area (Å²) in [5.74, 6) is 1.12. The van der Waals surface area contributed by atoms with Gasteiger partial charge >= 0.3 is 6.18 Å². The third-order valence-corrected chi connectivity index (χ3v) is 3.75. The minimum atomic E-state index is -4.15. The van der Waals surface area contributed by atoms with E-state index in [-0.39, 0.29) is 0 Å². The highest BCUT2D eigenvalue weighted by atomic mass is 32.2. The average molecular weight is 305 g/mol. The largest absolute Gasteiger partial charge is 0.390 e. The van der Waals surface area contributed by atoms with Gasteiger partial charge in [0.25, 0.3) is 0 Å². The van der Waals surface area contributed by atoms with Gasteiger partial charge < -0.3 is 5.32 Å². The minimum Gasteiger partial charge on any atom is -0.310 e. The highest BCUT2D eigenvalue weighted by Crippen LogP contribution is 2.29. The van der Waals surface area contributed by atoms with E-state index in [0.717, 1.165) is 25.0 Å². The van der Waals surface area contributed by atoms with Gasteiger partial charge in [0.1, 0.15) is 0 Å². The molecule has 0 saturated heterocycles. The molecule has 20 heavy (non-hydrogen) atoms. The Balaban J connectivity index is 2.43. The molecule has 0 aromatic heterocycles. The van der Waals surface area contributed by atoms with E-state index in [1.165, 1.54) is 0 Å². The fourth-order valence-electron chi connectivity index (χ4n) is 2.05. The minimum absolute atomic E-state index is 0.629. The maximum absolute atomic E-state index is 12.6. The molecule has 1 aromatic rings. The number of benzene rings is 1. The van der Waals surface area contributed by atoms with Crippen molar-refractivity contribution < 1.29 is 13.2 Å². The van der Waals surface area contributed by atoms with Crippen molar-refractivity contribution in [2.45, 2.75) is 37.9 Å². The van der Waals surface area contributed by atoms with Crippen LogP contribution in [0.1, 0.15) is 37.3 Å². The maximum Gasteiger partial charge on any atom is 0.390 e. The highest BCUT2D eigenvalue weighted by molar-refractivity contribution is 7.98. The zero-order chi connectivity index (χ0) is 14.8. The molecule has 0 amide bonds. The average Bonchev–Trinajstić information content (AvgIpc) is 2.41. The number of alkyl halides is 3. The number of hydrogen-bond acceptors (Lipinski definition) is 2. The Labute approximate surface area is 123 Å². The zero-order valence-electron chi connectivity index (χ0n) is 11.7. The van der Waals surface area contributed by atoms with E-state index in [9.17, 15) is 13.2 Å². The summed E-state index contributed by atoms with van der Waals surface area (Å²) in [7, 11) is 0. The smallest absolute Gasteiger partial charge is 0.310 e. The molecular weight excluding hydrogens is 283 g/mol. The normalized spacial score (nSPS) is 13.4. The third kappa shape index (κ3) is 7.80. The zero-order valence-corrected chi connectivity index (χ0v) is 12.6. The molecule has 0 aliphatic heterocycles. The van der Waals surface area contributed by atoms with E-state index in [0.29, 0.717) is 12.1 Å². The van der Waals surface area contributed by atoms with Crippen LogP contribution < -0.4 is 5.32 Å². The van der Waals surface area contributed by atoms with Gasteiger partial charge in [-0.25, -0.2) is 0 Å². The summed E-state index contributed by atoms with van der Waals surface area (Å²) < 4.78 is 37.9. The second kappa shape index (κ2) is 9.29. The lowest BCUT2D eigenvalue weighted by atomic mass is 10.0. The molecule has 114 valence electrons. The molecule has 0 aliphatic carbocycles. The monoisotopic (exact) mass is 305 g/mol. The van der Waals surface area contributed by atoms with Crippen molar-refractivity contribution in [2.24, 2.45) is 0 Å². The summed E-state index contributed by atoms with van der Waals surface area (Å²) in [6, 6.07) is 8.22. The van der Waals surface area contributed by atoms with Gasteiger partial charge in [-0.2, -0.15) is 24.9 Å². The van der Waals surface area contributed by atoms with Crippen molar-refractivity contribution in [2.75, 3.05) is 18.6 Å². The van der Waals surface area contributed by atoms with Gasteiger partial charge in [-0.05, 0) is 37.0 Å². The summed E-state index contributed by atoms with van der Waals surface area (Å²) in [6.45, 7) is 0.629. The Bertz CT molecular complexity index is 354. The molecule has 1 atom stereocenters. The summed E-state index contributed by atoms with van der Waals surface area (Å²) in [5.41, 5.74) is 0.703. The SMILES string of the molecule is CSCCCCCNC(CC(F)(F)F)c1ccccc1. The van der Waals surface area contributed by atoms with Crippen LogP contribution in [0.15, 0.2) is 30.3 Å². The predicted molar refractivity (Wildman–Crippen MR) is 80.1 cm³/mol. The quantitative estimate of drug-likeness (QED) is 0.658. The Morgan fingerprint density at radius 2 is 1.80 bits per heavy atom. The van der Waals surface area contributed by atoms with Crippen LogP contribution in [-0.4, -0.2) is 24.7 Å². The first-order valence-electron chi connectivity index (χ1n) is 6.87. The number of thioether (sulfide) groups is 1. The van der Waals surface area contributed by atoms with E-state index in [2.05, 4.69) is 11.6 Å². The van der Waals surface area contributed by atoms with Crippen LogP contribution in [0.5, 0.6) is 0 Å². The highest BCUT2D eigenvalue weighted by Gasteiger charge is 2.32. The molecule has 0 fully saturated rings. The fourth-order valence-corrected chi connectivity index (χ4v) is 2.54. The Hall–Kier alpha value is -0.680. The van der Waals surface area contributed by atoms with Gasteiger partial charge in [-0.15, -0.1) is 0 Å². The molecule has 1 nitrogen and oxygen atoms in total. The Kier molecular flexibility index (Phi) is 8.07. The van der Waals surface area contributed by atoms with Crippen LogP contribution in [0, 0.1) is 0 Å². The second-order valence-electron chi connectivity index (χ2n) is 4.79. The molecule has 0 saturated carbocycles. The summed E-state index contributed by atoms with van der Waals surface area (Å²) >= 11 is 1.80. The lowest BCUT2D eigenvalue weighted by Crippen LogP contribution is -2.27. The van der Waals surface area contributed by atoms with Gasteiger partial charge in [0.15, 0.2) is 0 Å². The van der Waals surface area contributed by atoms with E-state index in [1.54, 1.807) is 36.0 Å². The van der Waals surface area contributed by atoms with E-state index >= 15 is 0 Å². The third-order valence-electron chi connectivity index (χ3n) is 3.05. The Morgan fingerprint density at radius 3 is 2.40 bits per heavy atom. The number of rotatable bonds is 9. The molecule has 5 heteroatoms. The Morgan fingerprint density at radius 1 is 1.10 bits per heavy atom. The standard InChI is InChI=1S/C15H22F3NS/c1-20-11-7-3-6-10-19-14(12-15(16,17)18)13-8-4-2-5-9-13/h2,4-5,8-9,14,19H,3,6-7,10-12H2,1H3. The maximum atomic E-state index is 12.6.